The molecule has 2 aromatic carbocycles. The zero-order valence-corrected chi connectivity index (χ0v) is 18.6. The van der Waals surface area contributed by atoms with Crippen molar-refractivity contribution in [2.24, 2.45) is 0 Å². The van der Waals surface area contributed by atoms with E-state index in [1.165, 1.54) is 12.1 Å². The summed E-state index contributed by atoms with van der Waals surface area (Å²) in [7, 11) is 0. The molecule has 0 radical (unpaired) electrons. The molecule has 4 rings (SSSR count). The van der Waals surface area contributed by atoms with Gasteiger partial charge in [0.05, 0.1) is 17.4 Å². The predicted octanol–water partition coefficient (Wildman–Crippen LogP) is 4.76. The Morgan fingerprint density at radius 3 is 2.59 bits per heavy atom. The fraction of sp³-hybridized carbons (Fsp3) is 0.360. The SMILES string of the molecule is CC(C)(C)OC(=O)N1CCN2c3cc(/C=C/c4cccc(F)c4)ccc3NC(=O)CC2C1. The Morgan fingerprint density at radius 2 is 1.88 bits per heavy atom. The normalized spacial score (nSPS) is 18.6. The first-order valence-corrected chi connectivity index (χ1v) is 10.8. The zero-order valence-electron chi connectivity index (χ0n) is 18.6. The molecule has 7 heteroatoms. The number of benzene rings is 2. The van der Waals surface area contributed by atoms with Crippen LogP contribution in [0.15, 0.2) is 42.5 Å². The van der Waals surface area contributed by atoms with Crippen molar-refractivity contribution in [1.29, 1.82) is 0 Å². The van der Waals surface area contributed by atoms with E-state index in [1.54, 1.807) is 11.0 Å². The molecule has 168 valence electrons. The Bertz CT molecular complexity index is 1060. The van der Waals surface area contributed by atoms with E-state index >= 15 is 0 Å². The van der Waals surface area contributed by atoms with Gasteiger partial charge in [-0.1, -0.05) is 30.4 Å². The number of carbonyl (C=O) groups excluding carboxylic acids is 2. The molecular weight excluding hydrogens is 409 g/mol. The van der Waals surface area contributed by atoms with Crippen molar-refractivity contribution in [3.63, 3.8) is 0 Å². The summed E-state index contributed by atoms with van der Waals surface area (Å²) in [6.07, 6.45) is 3.72. The van der Waals surface area contributed by atoms with E-state index in [1.807, 2.05) is 57.2 Å². The number of ether oxygens (including phenoxy) is 1. The molecule has 32 heavy (non-hydrogen) atoms. The van der Waals surface area contributed by atoms with Crippen molar-refractivity contribution < 1.29 is 18.7 Å². The van der Waals surface area contributed by atoms with Crippen molar-refractivity contribution >= 4 is 35.5 Å². The highest BCUT2D eigenvalue weighted by molar-refractivity contribution is 5.97. The number of piperazine rings is 1. The van der Waals surface area contributed by atoms with Gasteiger partial charge in [-0.15, -0.1) is 0 Å². The predicted molar refractivity (Wildman–Crippen MR) is 124 cm³/mol. The average Bonchev–Trinajstić information content (AvgIpc) is 2.85. The third-order valence-electron chi connectivity index (χ3n) is 5.48. The molecule has 0 aromatic heterocycles. The fourth-order valence-electron chi connectivity index (χ4n) is 4.05. The number of nitrogens with zero attached hydrogens (tertiary/aromatic N) is 2. The maximum atomic E-state index is 13.4. The van der Waals surface area contributed by atoms with E-state index in [0.717, 1.165) is 22.5 Å². The summed E-state index contributed by atoms with van der Waals surface area (Å²) >= 11 is 0. The number of hydrogen-bond acceptors (Lipinski definition) is 4. The number of amides is 2. The maximum Gasteiger partial charge on any atom is 0.410 e. The molecule has 1 saturated heterocycles. The highest BCUT2D eigenvalue weighted by Crippen LogP contribution is 2.34. The van der Waals surface area contributed by atoms with E-state index in [-0.39, 0.29) is 23.9 Å². The van der Waals surface area contributed by atoms with E-state index in [4.69, 9.17) is 4.74 Å². The maximum absolute atomic E-state index is 13.4. The van der Waals surface area contributed by atoms with Gasteiger partial charge in [-0.3, -0.25) is 4.79 Å². The number of hydrogen-bond donors (Lipinski definition) is 1. The highest BCUT2D eigenvalue weighted by Gasteiger charge is 2.36. The van der Waals surface area contributed by atoms with Crippen LogP contribution >= 0.6 is 0 Å². The fourth-order valence-corrected chi connectivity index (χ4v) is 4.05. The molecule has 0 saturated carbocycles. The molecule has 2 aliphatic heterocycles. The molecule has 0 spiro atoms. The number of halogens is 1. The van der Waals surface area contributed by atoms with Gasteiger partial charge < -0.3 is 19.9 Å². The first-order valence-electron chi connectivity index (χ1n) is 10.8. The Balaban J connectivity index is 1.56. The minimum Gasteiger partial charge on any atom is -0.444 e. The van der Waals surface area contributed by atoms with Crippen molar-refractivity contribution in [2.45, 2.75) is 38.8 Å². The number of rotatable bonds is 2. The summed E-state index contributed by atoms with van der Waals surface area (Å²) in [6.45, 7) is 7.07. The van der Waals surface area contributed by atoms with Gasteiger partial charge in [0.2, 0.25) is 5.91 Å². The number of fused-ring (bicyclic) bond motifs is 3. The molecule has 1 fully saturated rings. The average molecular weight is 438 g/mol. The lowest BCUT2D eigenvalue weighted by Gasteiger charge is -2.42. The lowest BCUT2D eigenvalue weighted by molar-refractivity contribution is -0.116. The van der Waals surface area contributed by atoms with Gasteiger partial charge >= 0.3 is 6.09 Å². The topological polar surface area (TPSA) is 61.9 Å². The van der Waals surface area contributed by atoms with Crippen LogP contribution in [0.4, 0.5) is 20.6 Å². The van der Waals surface area contributed by atoms with Crippen LogP contribution in [0, 0.1) is 5.82 Å². The molecule has 1 atom stereocenters. The van der Waals surface area contributed by atoms with Crippen LogP contribution in [0.3, 0.4) is 0 Å². The molecule has 6 nitrogen and oxygen atoms in total. The Kier molecular flexibility index (Phi) is 5.91. The summed E-state index contributed by atoms with van der Waals surface area (Å²) in [5.74, 6) is -0.352. The summed E-state index contributed by atoms with van der Waals surface area (Å²) in [5, 5.41) is 2.98. The Labute approximate surface area is 187 Å². The summed E-state index contributed by atoms with van der Waals surface area (Å²) in [6, 6.07) is 12.1. The van der Waals surface area contributed by atoms with Gasteiger partial charge in [-0.25, -0.2) is 9.18 Å². The highest BCUT2D eigenvalue weighted by atomic mass is 19.1. The largest absolute Gasteiger partial charge is 0.444 e. The van der Waals surface area contributed by atoms with Crippen molar-refractivity contribution in [2.75, 3.05) is 29.9 Å². The van der Waals surface area contributed by atoms with Crippen LogP contribution in [-0.4, -0.2) is 48.2 Å². The van der Waals surface area contributed by atoms with Gasteiger partial charge in [-0.2, -0.15) is 0 Å². The van der Waals surface area contributed by atoms with Crippen molar-refractivity contribution in [3.05, 3.63) is 59.4 Å². The van der Waals surface area contributed by atoms with Gasteiger partial charge in [0.25, 0.3) is 0 Å². The van der Waals surface area contributed by atoms with E-state index < -0.39 is 5.60 Å². The van der Waals surface area contributed by atoms with Gasteiger partial charge in [0.1, 0.15) is 11.4 Å². The van der Waals surface area contributed by atoms with Crippen molar-refractivity contribution in [3.8, 4) is 0 Å². The lowest BCUT2D eigenvalue weighted by atomic mass is 10.1. The molecule has 0 bridgehead atoms. The molecule has 2 aliphatic rings. The molecule has 1 unspecified atom stereocenters. The third kappa shape index (κ3) is 5.10. The van der Waals surface area contributed by atoms with Crippen molar-refractivity contribution in [1.82, 2.24) is 4.90 Å². The standard InChI is InChI=1S/C25H28FN3O3/c1-25(2,3)32-24(31)28-11-12-29-20(16-28)15-23(30)27-21-10-9-18(14-22(21)29)8-7-17-5-4-6-19(26)13-17/h4-10,13-14,20H,11-12,15-16H2,1-3H3,(H,27,30)/b8-7+. The third-order valence-corrected chi connectivity index (χ3v) is 5.48. The van der Waals surface area contributed by atoms with Crippen LogP contribution < -0.4 is 10.2 Å². The monoisotopic (exact) mass is 437 g/mol. The second kappa shape index (κ2) is 8.65. The number of nitrogens with one attached hydrogen (secondary N) is 1. The minimum atomic E-state index is -0.565. The van der Waals surface area contributed by atoms with Crippen LogP contribution in [0.5, 0.6) is 0 Å². The smallest absolute Gasteiger partial charge is 0.410 e. The second-order valence-electron chi connectivity index (χ2n) is 9.19. The minimum absolute atomic E-state index is 0.0761. The number of carbonyl (C=O) groups is 2. The lowest BCUT2D eigenvalue weighted by Crippen LogP contribution is -2.55. The van der Waals surface area contributed by atoms with E-state index in [2.05, 4.69) is 10.2 Å². The van der Waals surface area contributed by atoms with Crippen LogP contribution in [0.25, 0.3) is 12.2 Å². The molecule has 1 N–H and O–H groups in total. The van der Waals surface area contributed by atoms with Crippen LogP contribution in [-0.2, 0) is 9.53 Å². The summed E-state index contributed by atoms with van der Waals surface area (Å²) < 4.78 is 19.0. The zero-order chi connectivity index (χ0) is 22.9. The molecule has 2 heterocycles. The van der Waals surface area contributed by atoms with Crippen LogP contribution in [0.1, 0.15) is 38.3 Å². The quantitative estimate of drug-likeness (QED) is 0.688. The van der Waals surface area contributed by atoms with E-state index in [0.29, 0.717) is 26.1 Å². The van der Waals surface area contributed by atoms with Gasteiger partial charge in [0, 0.05) is 26.1 Å². The summed E-state index contributed by atoms with van der Waals surface area (Å²) in [5.41, 5.74) is 2.83. The van der Waals surface area contributed by atoms with Gasteiger partial charge in [0.15, 0.2) is 0 Å². The molecule has 2 amide bonds. The van der Waals surface area contributed by atoms with Crippen LogP contribution in [0.2, 0.25) is 0 Å². The molecule has 0 aliphatic carbocycles. The molecular formula is C25H28FN3O3. The molecule has 2 aromatic rings. The van der Waals surface area contributed by atoms with E-state index in [9.17, 15) is 14.0 Å². The Hall–Kier alpha value is -3.35. The second-order valence-corrected chi connectivity index (χ2v) is 9.19. The summed E-state index contributed by atoms with van der Waals surface area (Å²) in [4.78, 5) is 28.9. The first-order chi connectivity index (χ1) is 15.2. The first kappa shape index (κ1) is 21.9. The van der Waals surface area contributed by atoms with Gasteiger partial charge in [-0.05, 0) is 56.2 Å². The Morgan fingerprint density at radius 1 is 1.12 bits per heavy atom. The number of anilines is 2.